The molecule has 4 fully saturated rings. The first kappa shape index (κ1) is 32.4. The van der Waals surface area contributed by atoms with E-state index in [0.717, 1.165) is 37.8 Å². The molecule has 1 aliphatic carbocycles. The van der Waals surface area contributed by atoms with Crippen LogP contribution in [0.3, 0.4) is 0 Å². The van der Waals surface area contributed by atoms with Gasteiger partial charge in [0.15, 0.2) is 0 Å². The molecule has 5 rings (SSSR count). The molecule has 8 heteroatoms. The molecule has 44 heavy (non-hydrogen) atoms. The second-order valence-corrected chi connectivity index (χ2v) is 14.1. The standard InChI is InChI=1S/C36H51N3O5/c1-7-19-37(26-15-11-9-12-16-26)32(41)29-30-33(42)39(28(23-40)21-24(3)4)31(36(30)22-25(5)35(29,6)44-36)34(43)38(20-8-2)27-17-13-10-14-18-27/h7-9,11-12,15-16,24-25,27-31,40H,1-2,10,13-14,17-23H2,3-6H3/t25?,28-,29-,30+,31?,35+,36?/m1/s1. The summed E-state index contributed by atoms with van der Waals surface area (Å²) in [7, 11) is 0. The first-order valence-electron chi connectivity index (χ1n) is 16.6. The quantitative estimate of drug-likeness (QED) is 0.340. The number of aliphatic hydroxyl groups is 1. The molecular formula is C36H51N3O5. The number of carbonyl (C=O) groups excluding carboxylic acids is 3. The maximum atomic E-state index is 15.0. The fourth-order valence-corrected chi connectivity index (χ4v) is 8.88. The first-order chi connectivity index (χ1) is 21.0. The van der Waals surface area contributed by atoms with E-state index >= 15 is 0 Å². The molecule has 8 nitrogen and oxygen atoms in total. The van der Waals surface area contributed by atoms with E-state index in [1.807, 2.05) is 42.2 Å². The van der Waals surface area contributed by atoms with Crippen molar-refractivity contribution in [2.24, 2.45) is 23.7 Å². The van der Waals surface area contributed by atoms with E-state index in [-0.39, 0.29) is 48.8 Å². The summed E-state index contributed by atoms with van der Waals surface area (Å²) < 4.78 is 7.04. The number of carbonyl (C=O) groups is 3. The zero-order valence-electron chi connectivity index (χ0n) is 27.0. The molecule has 1 spiro atoms. The second kappa shape index (κ2) is 12.8. The summed E-state index contributed by atoms with van der Waals surface area (Å²) in [4.78, 5) is 49.8. The number of anilines is 1. The van der Waals surface area contributed by atoms with E-state index in [1.54, 1.807) is 22.0 Å². The minimum absolute atomic E-state index is 0.0598. The number of fused-ring (bicyclic) bond motifs is 1. The predicted molar refractivity (Wildman–Crippen MR) is 172 cm³/mol. The number of hydrogen-bond acceptors (Lipinski definition) is 5. The zero-order valence-corrected chi connectivity index (χ0v) is 27.0. The molecule has 0 aromatic heterocycles. The van der Waals surface area contributed by atoms with Gasteiger partial charge in [0.05, 0.1) is 30.1 Å². The average molecular weight is 606 g/mol. The van der Waals surface area contributed by atoms with Crippen LogP contribution in [0, 0.1) is 23.7 Å². The van der Waals surface area contributed by atoms with Crippen molar-refractivity contribution in [2.75, 3.05) is 24.6 Å². The van der Waals surface area contributed by atoms with Crippen LogP contribution in [0.5, 0.6) is 0 Å². The first-order valence-corrected chi connectivity index (χ1v) is 16.6. The van der Waals surface area contributed by atoms with Crippen LogP contribution in [0.1, 0.15) is 72.6 Å². The van der Waals surface area contributed by atoms with Crippen molar-refractivity contribution in [3.05, 3.63) is 55.6 Å². The summed E-state index contributed by atoms with van der Waals surface area (Å²) in [5, 5.41) is 10.7. The Hall–Kier alpha value is -2.97. The second-order valence-electron chi connectivity index (χ2n) is 14.1. The molecule has 3 saturated heterocycles. The molecule has 3 unspecified atom stereocenters. The highest BCUT2D eigenvalue weighted by molar-refractivity contribution is 6.03. The van der Waals surface area contributed by atoms with E-state index in [0.29, 0.717) is 19.4 Å². The maximum absolute atomic E-state index is 15.0. The Morgan fingerprint density at radius 1 is 1.09 bits per heavy atom. The number of aliphatic hydroxyl groups excluding tert-OH is 1. The lowest BCUT2D eigenvalue weighted by Crippen LogP contribution is -2.60. The van der Waals surface area contributed by atoms with Gasteiger partial charge in [-0.05, 0) is 56.6 Å². The van der Waals surface area contributed by atoms with Crippen LogP contribution >= 0.6 is 0 Å². The molecule has 1 aromatic carbocycles. The number of likely N-dealkylation sites (tertiary alicyclic amines) is 1. The Morgan fingerprint density at radius 2 is 1.75 bits per heavy atom. The number of hydrogen-bond donors (Lipinski definition) is 1. The summed E-state index contributed by atoms with van der Waals surface area (Å²) in [6.45, 7) is 16.4. The van der Waals surface area contributed by atoms with Crippen molar-refractivity contribution in [1.82, 2.24) is 9.80 Å². The lowest BCUT2D eigenvalue weighted by molar-refractivity contribution is -0.157. The van der Waals surface area contributed by atoms with Gasteiger partial charge < -0.3 is 24.5 Å². The van der Waals surface area contributed by atoms with Crippen LogP contribution in [-0.2, 0) is 19.1 Å². The van der Waals surface area contributed by atoms with Gasteiger partial charge in [-0.25, -0.2) is 0 Å². The minimum atomic E-state index is -1.17. The average Bonchev–Trinajstić information content (AvgIpc) is 3.53. The van der Waals surface area contributed by atoms with Crippen molar-refractivity contribution >= 4 is 23.4 Å². The summed E-state index contributed by atoms with van der Waals surface area (Å²) >= 11 is 0. The highest BCUT2D eigenvalue weighted by Crippen LogP contribution is 2.66. The van der Waals surface area contributed by atoms with Crippen LogP contribution in [-0.4, -0.2) is 81.7 Å². The van der Waals surface area contributed by atoms with Crippen molar-refractivity contribution < 1.29 is 24.2 Å². The Labute approximate surface area is 263 Å². The van der Waals surface area contributed by atoms with Gasteiger partial charge in [-0.1, -0.05) is 70.4 Å². The number of amides is 3. The number of rotatable bonds is 12. The molecule has 3 amide bonds. The van der Waals surface area contributed by atoms with Crippen LogP contribution in [0.15, 0.2) is 55.6 Å². The molecule has 1 aromatic rings. The number of benzene rings is 1. The largest absolute Gasteiger partial charge is 0.394 e. The van der Waals surface area contributed by atoms with Crippen LogP contribution in [0.2, 0.25) is 0 Å². The van der Waals surface area contributed by atoms with E-state index in [4.69, 9.17) is 4.74 Å². The summed E-state index contributed by atoms with van der Waals surface area (Å²) in [6, 6.07) is 8.01. The third kappa shape index (κ3) is 5.22. The Bertz CT molecular complexity index is 1250. The topological polar surface area (TPSA) is 90.4 Å². The molecule has 2 bridgehead atoms. The maximum Gasteiger partial charge on any atom is 0.248 e. The van der Waals surface area contributed by atoms with E-state index < -0.39 is 35.1 Å². The minimum Gasteiger partial charge on any atom is -0.394 e. The van der Waals surface area contributed by atoms with Gasteiger partial charge in [0.25, 0.3) is 0 Å². The number of ether oxygens (including phenoxy) is 1. The molecule has 3 aliphatic heterocycles. The highest BCUT2D eigenvalue weighted by Gasteiger charge is 2.80. The van der Waals surface area contributed by atoms with Crippen molar-refractivity contribution in [3.63, 3.8) is 0 Å². The van der Waals surface area contributed by atoms with Gasteiger partial charge in [-0.3, -0.25) is 14.4 Å². The molecule has 4 aliphatic rings. The highest BCUT2D eigenvalue weighted by atomic mass is 16.5. The lowest BCUT2D eigenvalue weighted by atomic mass is 9.62. The molecule has 1 N–H and O–H groups in total. The molecular weight excluding hydrogens is 554 g/mol. The third-order valence-corrected chi connectivity index (χ3v) is 10.9. The summed E-state index contributed by atoms with van der Waals surface area (Å²) in [6.07, 6.45) is 9.58. The number of nitrogens with zero attached hydrogens (tertiary/aromatic N) is 3. The van der Waals surface area contributed by atoms with Gasteiger partial charge in [0, 0.05) is 24.8 Å². The monoisotopic (exact) mass is 605 g/mol. The molecule has 1 saturated carbocycles. The Morgan fingerprint density at radius 3 is 2.34 bits per heavy atom. The fourth-order valence-electron chi connectivity index (χ4n) is 8.88. The predicted octanol–water partition coefficient (Wildman–Crippen LogP) is 4.97. The smallest absolute Gasteiger partial charge is 0.248 e. The van der Waals surface area contributed by atoms with Crippen LogP contribution in [0.4, 0.5) is 5.69 Å². The van der Waals surface area contributed by atoms with Gasteiger partial charge in [-0.2, -0.15) is 0 Å². The third-order valence-electron chi connectivity index (χ3n) is 10.9. The molecule has 7 atom stereocenters. The lowest BCUT2D eigenvalue weighted by Gasteiger charge is -2.42. The van der Waals surface area contributed by atoms with E-state index in [2.05, 4.69) is 33.9 Å². The fraction of sp³-hybridized carbons (Fsp3) is 0.639. The van der Waals surface area contributed by atoms with Gasteiger partial charge in [-0.15, -0.1) is 13.2 Å². The van der Waals surface area contributed by atoms with E-state index in [9.17, 15) is 19.5 Å². The van der Waals surface area contributed by atoms with Crippen LogP contribution in [0.25, 0.3) is 0 Å². The van der Waals surface area contributed by atoms with Gasteiger partial charge >= 0.3 is 0 Å². The summed E-state index contributed by atoms with van der Waals surface area (Å²) in [5.41, 5.74) is -1.38. The van der Waals surface area contributed by atoms with Gasteiger partial charge in [0.2, 0.25) is 17.7 Å². The normalized spacial score (nSPS) is 32.0. The van der Waals surface area contributed by atoms with Gasteiger partial charge in [0.1, 0.15) is 11.6 Å². The summed E-state index contributed by atoms with van der Waals surface area (Å²) in [5.74, 6) is -2.12. The number of para-hydroxylation sites is 1. The Kier molecular flexibility index (Phi) is 9.43. The Balaban J connectivity index is 1.63. The zero-order chi connectivity index (χ0) is 31.8. The molecule has 3 heterocycles. The van der Waals surface area contributed by atoms with Crippen molar-refractivity contribution in [2.45, 2.75) is 102 Å². The van der Waals surface area contributed by atoms with Crippen molar-refractivity contribution in [1.29, 1.82) is 0 Å². The van der Waals surface area contributed by atoms with E-state index in [1.165, 1.54) is 0 Å². The molecule has 0 radical (unpaired) electrons. The SMILES string of the molecule is C=CCN(C(=O)[C@H]1[C@H]2C(=O)N([C@@H](CO)CC(C)C)C(C(=O)N(CC=C)C3CCCCC3)C23CC(C)[C@]1(C)O3)c1ccccc1. The molecule has 240 valence electrons. The van der Waals surface area contributed by atoms with Crippen LogP contribution < -0.4 is 4.90 Å². The van der Waals surface area contributed by atoms with Crippen molar-refractivity contribution in [3.8, 4) is 0 Å².